The van der Waals surface area contributed by atoms with Crippen LogP contribution in [0.25, 0.3) is 82.0 Å². The summed E-state index contributed by atoms with van der Waals surface area (Å²) >= 11 is 0. The molecule has 8 aromatic rings. The van der Waals surface area contributed by atoms with E-state index in [0.29, 0.717) is 5.71 Å². The molecule has 0 radical (unpaired) electrons. The maximum atomic E-state index is 8.40. The molecule has 0 saturated heterocycles. The molecule has 0 aliphatic heterocycles. The molecule has 0 amide bonds. The van der Waals surface area contributed by atoms with Gasteiger partial charge in [0.2, 0.25) is 0 Å². The van der Waals surface area contributed by atoms with Gasteiger partial charge in [0.15, 0.2) is 0 Å². The van der Waals surface area contributed by atoms with Crippen molar-refractivity contribution in [2.24, 2.45) is 0 Å². The summed E-state index contributed by atoms with van der Waals surface area (Å²) < 4.78 is 0. The Labute approximate surface area is 315 Å². The second-order valence-electron chi connectivity index (χ2n) is 14.4. The van der Waals surface area contributed by atoms with Gasteiger partial charge in [-0.05, 0) is 130 Å². The minimum absolute atomic E-state index is 0.585. The Bertz CT molecular complexity index is 2980. The van der Waals surface area contributed by atoms with E-state index in [9.17, 15) is 0 Å². The van der Waals surface area contributed by atoms with Gasteiger partial charge in [0.05, 0.1) is 5.71 Å². The summed E-state index contributed by atoms with van der Waals surface area (Å²) in [6.07, 6.45) is 16.3. The summed E-state index contributed by atoms with van der Waals surface area (Å²) in [5.74, 6) is 0. The first-order valence-electron chi connectivity index (χ1n) is 18.8. The molecule has 254 valence electrons. The van der Waals surface area contributed by atoms with Gasteiger partial charge in [0.25, 0.3) is 0 Å². The lowest BCUT2D eigenvalue weighted by molar-refractivity contribution is 1.02. The molecule has 0 atom stereocenters. The number of hydrogen-bond acceptors (Lipinski definition) is 1. The molecule has 0 aromatic heterocycles. The van der Waals surface area contributed by atoms with Gasteiger partial charge in [0.1, 0.15) is 0 Å². The summed E-state index contributed by atoms with van der Waals surface area (Å²) in [6.45, 7) is 0. The van der Waals surface area contributed by atoms with Crippen LogP contribution < -0.4 is 0 Å². The largest absolute Gasteiger partial charge is 0.300 e. The van der Waals surface area contributed by atoms with Crippen molar-refractivity contribution < 1.29 is 0 Å². The molecule has 1 N–H and O–H groups in total. The third kappa shape index (κ3) is 5.62. The van der Waals surface area contributed by atoms with E-state index in [4.69, 9.17) is 5.41 Å². The van der Waals surface area contributed by atoms with Crippen LogP contribution in [-0.2, 0) is 0 Å². The van der Waals surface area contributed by atoms with Crippen molar-refractivity contribution >= 4 is 54.4 Å². The minimum atomic E-state index is 0.585. The summed E-state index contributed by atoms with van der Waals surface area (Å²) in [5, 5.41) is 18.4. The number of rotatable bonds is 4. The third-order valence-corrected chi connectivity index (χ3v) is 11.2. The minimum Gasteiger partial charge on any atom is -0.300 e. The molecule has 0 unspecified atom stereocenters. The molecule has 8 aromatic carbocycles. The molecule has 0 fully saturated rings. The van der Waals surface area contributed by atoms with Crippen molar-refractivity contribution in [1.82, 2.24) is 0 Å². The maximum Gasteiger partial charge on any atom is 0.0614 e. The summed E-state index contributed by atoms with van der Waals surface area (Å²) in [7, 11) is 0. The molecular weight excluding hydrogens is 651 g/mol. The van der Waals surface area contributed by atoms with Gasteiger partial charge in [-0.3, -0.25) is 0 Å². The predicted octanol–water partition coefficient (Wildman–Crippen LogP) is 14.5. The van der Waals surface area contributed by atoms with Crippen LogP contribution in [0.2, 0.25) is 0 Å². The van der Waals surface area contributed by atoms with Crippen LogP contribution in [0.3, 0.4) is 0 Å². The fraction of sp³-hybridized carbons (Fsp3) is 0.0377. The van der Waals surface area contributed by atoms with E-state index in [1.165, 1.54) is 93.2 Å². The maximum absolute atomic E-state index is 8.40. The van der Waals surface area contributed by atoms with Gasteiger partial charge in [0, 0.05) is 5.57 Å². The molecule has 0 bridgehead atoms. The number of fused-ring (bicyclic) bond motifs is 4. The number of allylic oxidation sites excluding steroid dienone is 10. The first-order chi connectivity index (χ1) is 26.7. The van der Waals surface area contributed by atoms with Crippen molar-refractivity contribution in [3.63, 3.8) is 0 Å². The Morgan fingerprint density at radius 3 is 1.57 bits per heavy atom. The van der Waals surface area contributed by atoms with Gasteiger partial charge >= 0.3 is 0 Å². The predicted molar refractivity (Wildman–Crippen MR) is 232 cm³/mol. The molecule has 2 aliphatic rings. The normalized spacial score (nSPS) is 15.7. The van der Waals surface area contributed by atoms with Crippen LogP contribution >= 0.6 is 0 Å². The molecule has 0 spiro atoms. The lowest BCUT2D eigenvalue weighted by Crippen LogP contribution is -2.01. The van der Waals surface area contributed by atoms with Crippen LogP contribution in [0, 0.1) is 5.41 Å². The Morgan fingerprint density at radius 1 is 0.370 bits per heavy atom. The van der Waals surface area contributed by atoms with Crippen molar-refractivity contribution in [3.8, 4) is 33.4 Å². The molecular formula is C53H37N. The van der Waals surface area contributed by atoms with Gasteiger partial charge in [-0.25, -0.2) is 0 Å². The highest BCUT2D eigenvalue weighted by Gasteiger charge is 2.19. The second kappa shape index (κ2) is 13.3. The zero-order valence-corrected chi connectivity index (χ0v) is 29.9. The third-order valence-electron chi connectivity index (χ3n) is 11.2. The molecule has 1 nitrogen and oxygen atoms in total. The van der Waals surface area contributed by atoms with Crippen molar-refractivity contribution in [2.45, 2.75) is 12.8 Å². The van der Waals surface area contributed by atoms with Gasteiger partial charge < -0.3 is 5.41 Å². The standard InChI is InChI=1S/C53H37N/c54-51-19-8-7-16-46(51)40-15-9-14-35(24-27-40)38-20-22-39(23-21-38)43-30-31-49-50(34-43)53(45-29-26-37-11-2-4-13-42(37)33-45)48-18-6-5-17-47(48)52(49)44-28-25-36-10-1-3-12-41(36)32-44/h1-23,25-26,28-34,54H,24,27H2/b46-40-,54-51?. The number of nitrogens with one attached hydrogen (secondary N) is 1. The zero-order valence-electron chi connectivity index (χ0n) is 29.9. The highest BCUT2D eigenvalue weighted by Crippen LogP contribution is 2.46. The summed E-state index contributed by atoms with van der Waals surface area (Å²) in [6, 6.07) is 56.2. The lowest BCUT2D eigenvalue weighted by atomic mass is 9.84. The average molecular weight is 688 g/mol. The quantitative estimate of drug-likeness (QED) is 0.178. The summed E-state index contributed by atoms with van der Waals surface area (Å²) in [5.41, 5.74) is 12.8. The topological polar surface area (TPSA) is 23.9 Å². The van der Waals surface area contributed by atoms with Crippen molar-refractivity contribution in [3.05, 3.63) is 211 Å². The Morgan fingerprint density at radius 2 is 0.907 bits per heavy atom. The summed E-state index contributed by atoms with van der Waals surface area (Å²) in [4.78, 5) is 0. The van der Waals surface area contributed by atoms with E-state index < -0.39 is 0 Å². The number of hydrogen-bond donors (Lipinski definition) is 1. The van der Waals surface area contributed by atoms with Gasteiger partial charge in [-0.1, -0.05) is 170 Å². The van der Waals surface area contributed by atoms with Crippen LogP contribution in [0.5, 0.6) is 0 Å². The van der Waals surface area contributed by atoms with E-state index >= 15 is 0 Å². The average Bonchev–Trinajstić information content (AvgIpc) is 3.49. The molecule has 2 aliphatic carbocycles. The smallest absolute Gasteiger partial charge is 0.0614 e. The van der Waals surface area contributed by atoms with Crippen molar-refractivity contribution in [2.75, 3.05) is 0 Å². The first-order valence-corrected chi connectivity index (χ1v) is 18.8. The van der Waals surface area contributed by atoms with Crippen molar-refractivity contribution in [1.29, 1.82) is 5.41 Å². The molecule has 1 heteroatoms. The number of benzene rings is 8. The first kappa shape index (κ1) is 31.9. The zero-order chi connectivity index (χ0) is 36.0. The van der Waals surface area contributed by atoms with Crippen LogP contribution in [0.4, 0.5) is 0 Å². The van der Waals surface area contributed by atoms with Crippen LogP contribution in [0.1, 0.15) is 18.4 Å². The Kier molecular flexibility index (Phi) is 7.85. The van der Waals surface area contributed by atoms with E-state index in [2.05, 4.69) is 176 Å². The lowest BCUT2D eigenvalue weighted by Gasteiger charge is -2.19. The van der Waals surface area contributed by atoms with E-state index in [-0.39, 0.29) is 0 Å². The molecule has 10 rings (SSSR count). The van der Waals surface area contributed by atoms with Crippen LogP contribution in [-0.4, -0.2) is 5.71 Å². The Balaban J connectivity index is 1.11. The monoisotopic (exact) mass is 687 g/mol. The second-order valence-corrected chi connectivity index (χ2v) is 14.4. The molecule has 0 heterocycles. The van der Waals surface area contributed by atoms with Crippen LogP contribution in [0.15, 0.2) is 205 Å². The van der Waals surface area contributed by atoms with Gasteiger partial charge in [-0.2, -0.15) is 0 Å². The van der Waals surface area contributed by atoms with E-state index in [1.807, 2.05) is 18.2 Å². The fourth-order valence-corrected chi connectivity index (χ4v) is 8.49. The highest BCUT2D eigenvalue weighted by atomic mass is 14.4. The van der Waals surface area contributed by atoms with E-state index in [0.717, 1.165) is 18.4 Å². The fourth-order valence-electron chi connectivity index (χ4n) is 8.49. The molecule has 54 heavy (non-hydrogen) atoms. The van der Waals surface area contributed by atoms with Gasteiger partial charge in [-0.15, -0.1) is 0 Å². The Hall–Kier alpha value is -6.83. The molecule has 0 saturated carbocycles. The highest BCUT2D eigenvalue weighted by molar-refractivity contribution is 6.22. The van der Waals surface area contributed by atoms with E-state index in [1.54, 1.807) is 0 Å². The SMILES string of the molecule is N=C1C=CC=C/C1=C1\C=CC=C(c2ccc(-c3ccc4c(-c5ccc6ccccc6c5)c5ccccc5c(-c5ccc6ccccc6c5)c4c3)cc2)CC1.